The third-order valence-electron chi connectivity index (χ3n) is 8.76. The number of pyridine rings is 1. The van der Waals surface area contributed by atoms with E-state index in [-0.39, 0.29) is 12.8 Å². The Bertz CT molecular complexity index is 1620. The summed E-state index contributed by atoms with van der Waals surface area (Å²) in [4.78, 5) is 56.6. The first kappa shape index (κ1) is 41.5. The normalized spacial score (nSPS) is 14.5. The topological polar surface area (TPSA) is 168 Å². The first-order chi connectivity index (χ1) is 24.4. The van der Waals surface area contributed by atoms with E-state index in [1.54, 1.807) is 6.20 Å². The predicted octanol–water partition coefficient (Wildman–Crippen LogP) is 5.10. The molecule has 12 heteroatoms. The van der Waals surface area contributed by atoms with Crippen LogP contribution in [0.5, 0.6) is 0 Å². The summed E-state index contributed by atoms with van der Waals surface area (Å²) in [5.74, 6) is -0.942. The molecule has 0 aliphatic carbocycles. The summed E-state index contributed by atoms with van der Waals surface area (Å²) in [6.07, 6.45) is -0.189. The molecule has 1 heterocycles. The number of hydrogen-bond donors (Lipinski definition) is 5. The number of rotatable bonds is 14. The zero-order valence-electron chi connectivity index (χ0n) is 31.8. The van der Waals surface area contributed by atoms with E-state index in [0.717, 1.165) is 27.9 Å². The molecule has 0 spiro atoms. The lowest BCUT2D eigenvalue weighted by Crippen LogP contribution is -2.59. The predicted molar refractivity (Wildman–Crippen MR) is 200 cm³/mol. The summed E-state index contributed by atoms with van der Waals surface area (Å²) in [5, 5.41) is 23.3. The van der Waals surface area contributed by atoms with Gasteiger partial charge in [0.2, 0.25) is 11.8 Å². The van der Waals surface area contributed by atoms with E-state index < -0.39 is 65.1 Å². The number of alkyl carbamates (subject to hydrolysis) is 2. The molecule has 0 radical (unpaired) electrons. The molecule has 282 valence electrons. The van der Waals surface area contributed by atoms with Crippen molar-refractivity contribution in [2.24, 2.45) is 10.8 Å². The van der Waals surface area contributed by atoms with Crippen LogP contribution >= 0.6 is 0 Å². The maximum absolute atomic E-state index is 13.9. The van der Waals surface area contributed by atoms with Gasteiger partial charge >= 0.3 is 12.2 Å². The van der Waals surface area contributed by atoms with Crippen LogP contribution in [0.15, 0.2) is 72.9 Å². The molecule has 0 saturated heterocycles. The number of carbonyl (C=O) groups excluding carboxylic acids is 4. The first-order valence-corrected chi connectivity index (χ1v) is 17.4. The smallest absolute Gasteiger partial charge is 0.407 e. The van der Waals surface area contributed by atoms with Gasteiger partial charge in [0.1, 0.15) is 12.1 Å². The fourth-order valence-electron chi connectivity index (χ4n) is 5.79. The minimum atomic E-state index is -1.16. The molecule has 0 aliphatic rings. The maximum atomic E-state index is 13.9. The molecular weight excluding hydrogens is 662 g/mol. The molecule has 1 aromatic heterocycles. The lowest BCUT2D eigenvalue weighted by molar-refractivity contribution is -0.128. The highest BCUT2D eigenvalue weighted by Crippen LogP contribution is 2.24. The van der Waals surface area contributed by atoms with Gasteiger partial charge < -0.3 is 35.8 Å². The number of aromatic nitrogens is 1. The second-order valence-corrected chi connectivity index (χ2v) is 15.3. The van der Waals surface area contributed by atoms with Crippen molar-refractivity contribution in [1.29, 1.82) is 0 Å². The number of ether oxygens (including phenoxy) is 2. The van der Waals surface area contributed by atoms with Gasteiger partial charge in [-0.05, 0) is 59.8 Å². The lowest BCUT2D eigenvalue weighted by atomic mass is 9.85. The molecule has 0 unspecified atom stereocenters. The molecule has 2 aromatic carbocycles. The van der Waals surface area contributed by atoms with Crippen LogP contribution in [-0.2, 0) is 31.9 Å². The van der Waals surface area contributed by atoms with Crippen molar-refractivity contribution in [3.05, 3.63) is 89.6 Å². The van der Waals surface area contributed by atoms with Gasteiger partial charge in [0.25, 0.3) is 0 Å². The Morgan fingerprint density at radius 1 is 0.692 bits per heavy atom. The van der Waals surface area contributed by atoms with Gasteiger partial charge in [-0.1, -0.05) is 102 Å². The fourth-order valence-corrected chi connectivity index (χ4v) is 5.79. The van der Waals surface area contributed by atoms with E-state index in [4.69, 9.17) is 9.47 Å². The highest BCUT2D eigenvalue weighted by Gasteiger charge is 2.37. The number of amides is 4. The van der Waals surface area contributed by atoms with E-state index >= 15 is 0 Å². The average Bonchev–Trinajstić information content (AvgIpc) is 3.08. The van der Waals surface area contributed by atoms with Gasteiger partial charge in [-0.2, -0.15) is 0 Å². The van der Waals surface area contributed by atoms with Crippen molar-refractivity contribution in [3.63, 3.8) is 0 Å². The quantitative estimate of drug-likeness (QED) is 0.154. The average molecular weight is 718 g/mol. The number of hydrogen-bond acceptors (Lipinski definition) is 8. The molecule has 4 amide bonds. The van der Waals surface area contributed by atoms with E-state index in [0.29, 0.717) is 6.42 Å². The van der Waals surface area contributed by atoms with Gasteiger partial charge in [0.15, 0.2) is 0 Å². The van der Waals surface area contributed by atoms with Crippen molar-refractivity contribution < 1.29 is 33.8 Å². The molecule has 12 nitrogen and oxygen atoms in total. The summed E-state index contributed by atoms with van der Waals surface area (Å²) in [5.41, 5.74) is 3.18. The molecule has 52 heavy (non-hydrogen) atoms. The summed E-state index contributed by atoms with van der Waals surface area (Å²) >= 11 is 0. The van der Waals surface area contributed by atoms with Crippen LogP contribution in [0.2, 0.25) is 0 Å². The minimum absolute atomic E-state index is 0.0522. The van der Waals surface area contributed by atoms with Crippen molar-refractivity contribution in [3.8, 4) is 11.3 Å². The number of aliphatic hydroxyl groups is 1. The number of nitrogens with one attached hydrogen (secondary N) is 4. The molecule has 3 rings (SSSR count). The monoisotopic (exact) mass is 717 g/mol. The largest absolute Gasteiger partial charge is 0.453 e. The standard InChI is InChI=1S/C40H55N5O7/c1-25-15-20-30(41-24-25)28-18-16-27(17-19-28)22-31(43-36(48)34(40(5,6)7)45-38(50)52-9)32(46)23-29(21-26-13-11-10-12-14-26)42-35(47)33(39(2,3)4)44-37(49)51-8/h10-20,24,29,31-34,46H,21-23H2,1-9H3,(H,42,47)(H,43,48)(H,44,49)(H,45,50)/t29-,31-,32-,33+,34-/m0/s1. The summed E-state index contributed by atoms with van der Waals surface area (Å²) in [6.45, 7) is 12.9. The minimum Gasteiger partial charge on any atom is -0.453 e. The van der Waals surface area contributed by atoms with Crippen LogP contribution < -0.4 is 21.3 Å². The molecule has 5 N–H and O–H groups in total. The summed E-state index contributed by atoms with van der Waals surface area (Å²) in [6, 6.07) is 17.8. The molecular formula is C40H55N5O7. The zero-order valence-corrected chi connectivity index (χ0v) is 31.8. The number of nitrogens with zero attached hydrogens (tertiary/aromatic N) is 1. The lowest BCUT2D eigenvalue weighted by Gasteiger charge is -2.34. The van der Waals surface area contributed by atoms with E-state index in [2.05, 4.69) is 26.3 Å². The highest BCUT2D eigenvalue weighted by atomic mass is 16.5. The maximum Gasteiger partial charge on any atom is 0.407 e. The number of benzene rings is 2. The third-order valence-corrected chi connectivity index (χ3v) is 8.76. The number of methoxy groups -OCH3 is 2. The molecule has 0 aliphatic heterocycles. The van der Waals surface area contributed by atoms with E-state index in [9.17, 15) is 24.3 Å². The van der Waals surface area contributed by atoms with Crippen LogP contribution in [0.1, 0.15) is 64.7 Å². The summed E-state index contributed by atoms with van der Waals surface area (Å²) < 4.78 is 9.57. The van der Waals surface area contributed by atoms with E-state index in [1.165, 1.54) is 14.2 Å². The number of aliphatic hydroxyl groups excluding tert-OH is 1. The highest BCUT2D eigenvalue weighted by molar-refractivity contribution is 5.87. The van der Waals surface area contributed by atoms with Crippen LogP contribution in [0.25, 0.3) is 11.3 Å². The van der Waals surface area contributed by atoms with Crippen molar-refractivity contribution in [2.75, 3.05) is 14.2 Å². The second kappa shape index (κ2) is 18.5. The Kier molecular flexibility index (Phi) is 14.7. The van der Waals surface area contributed by atoms with Crippen LogP contribution in [0.4, 0.5) is 9.59 Å². The number of carbonyl (C=O) groups is 4. The molecule has 3 aromatic rings. The van der Waals surface area contributed by atoms with Gasteiger partial charge in [-0.3, -0.25) is 14.6 Å². The Balaban J connectivity index is 1.96. The van der Waals surface area contributed by atoms with Crippen molar-refractivity contribution in [1.82, 2.24) is 26.3 Å². The van der Waals surface area contributed by atoms with Gasteiger partial charge in [0, 0.05) is 17.8 Å². The first-order valence-electron chi connectivity index (χ1n) is 17.4. The summed E-state index contributed by atoms with van der Waals surface area (Å²) in [7, 11) is 2.45. The van der Waals surface area contributed by atoms with Crippen LogP contribution in [0.3, 0.4) is 0 Å². The Morgan fingerprint density at radius 3 is 1.69 bits per heavy atom. The zero-order chi connectivity index (χ0) is 38.6. The number of aryl methyl sites for hydroxylation is 1. The second-order valence-electron chi connectivity index (χ2n) is 15.3. The molecule has 5 atom stereocenters. The van der Waals surface area contributed by atoms with Crippen LogP contribution in [0, 0.1) is 17.8 Å². The van der Waals surface area contributed by atoms with Gasteiger partial charge in [0.05, 0.1) is 32.1 Å². The SMILES string of the molecule is COC(=O)N[C@H](C(=O)N[C@@H](Cc1ccccc1)C[C@H](O)[C@H](Cc1ccc(-c2ccc(C)cn2)cc1)NC(=O)[C@H](NC(=O)OC)C(C)(C)C)C(C)(C)C. The Labute approximate surface area is 307 Å². The molecule has 0 saturated carbocycles. The Hall–Kier alpha value is -4.97. The molecule has 0 bridgehead atoms. The van der Waals surface area contributed by atoms with Crippen molar-refractivity contribution in [2.45, 2.75) is 98.0 Å². The van der Waals surface area contributed by atoms with Crippen LogP contribution in [-0.4, -0.2) is 78.6 Å². The van der Waals surface area contributed by atoms with Gasteiger partial charge in [-0.25, -0.2) is 9.59 Å². The van der Waals surface area contributed by atoms with E-state index in [1.807, 2.05) is 115 Å². The fraction of sp³-hybridized carbons (Fsp3) is 0.475. The Morgan fingerprint density at radius 2 is 1.21 bits per heavy atom. The van der Waals surface area contributed by atoms with Gasteiger partial charge in [-0.15, -0.1) is 0 Å². The van der Waals surface area contributed by atoms with Crippen molar-refractivity contribution >= 4 is 24.0 Å². The third kappa shape index (κ3) is 12.7. The molecule has 0 fully saturated rings.